The summed E-state index contributed by atoms with van der Waals surface area (Å²) in [5, 5.41) is 3.61. The third-order valence-electron chi connectivity index (χ3n) is 3.18. The highest BCUT2D eigenvalue weighted by atomic mass is 15.1. The Bertz CT molecular complexity index is 358. The lowest BCUT2D eigenvalue weighted by Crippen LogP contribution is -2.41. The molecule has 3 nitrogen and oxygen atoms in total. The predicted octanol–water partition coefficient (Wildman–Crippen LogP) is 3.59. The maximum absolute atomic E-state index is 4.50. The first-order valence-electron chi connectivity index (χ1n) is 7.00. The number of nitrogens with one attached hydrogen (secondary N) is 1. The molecule has 0 aromatic carbocycles. The number of hydrogen-bond donors (Lipinski definition) is 1. The van der Waals surface area contributed by atoms with Crippen molar-refractivity contribution < 1.29 is 0 Å². The molecule has 0 aliphatic rings. The van der Waals surface area contributed by atoms with Gasteiger partial charge in [-0.2, -0.15) is 0 Å². The zero-order valence-electron chi connectivity index (χ0n) is 13.0. The standard InChI is InChI=1S/C15H29N3/c1-11(2)13(10-17-15(5,6)7)18-9-8-16-14(18)12(3)4/h8-9,11-13,17H,10H2,1-7H3. The molecule has 1 N–H and O–H groups in total. The molecule has 0 amide bonds. The third-order valence-corrected chi connectivity index (χ3v) is 3.18. The van der Waals surface area contributed by atoms with Crippen molar-refractivity contribution in [2.24, 2.45) is 5.92 Å². The average molecular weight is 251 g/mol. The van der Waals surface area contributed by atoms with Crippen LogP contribution in [0.3, 0.4) is 0 Å². The Labute approximate surface area is 112 Å². The van der Waals surface area contributed by atoms with Crippen LogP contribution in [0.2, 0.25) is 0 Å². The van der Waals surface area contributed by atoms with E-state index in [2.05, 4.69) is 69.5 Å². The minimum atomic E-state index is 0.158. The van der Waals surface area contributed by atoms with Crippen LogP contribution in [0.25, 0.3) is 0 Å². The maximum atomic E-state index is 4.50. The SMILES string of the molecule is CC(C)c1nccn1C(CNC(C)(C)C)C(C)C. The van der Waals surface area contributed by atoms with E-state index in [1.54, 1.807) is 0 Å². The Hall–Kier alpha value is -0.830. The lowest BCUT2D eigenvalue weighted by atomic mass is 10.0. The molecular weight excluding hydrogens is 222 g/mol. The van der Waals surface area contributed by atoms with Gasteiger partial charge in [0, 0.05) is 36.4 Å². The van der Waals surface area contributed by atoms with E-state index in [1.807, 2.05) is 6.20 Å². The van der Waals surface area contributed by atoms with E-state index < -0.39 is 0 Å². The van der Waals surface area contributed by atoms with Gasteiger partial charge in [0.05, 0.1) is 0 Å². The monoisotopic (exact) mass is 251 g/mol. The van der Waals surface area contributed by atoms with Gasteiger partial charge in [0.2, 0.25) is 0 Å². The predicted molar refractivity (Wildman–Crippen MR) is 77.9 cm³/mol. The number of aromatic nitrogens is 2. The van der Waals surface area contributed by atoms with Gasteiger partial charge in [0.15, 0.2) is 0 Å². The van der Waals surface area contributed by atoms with Gasteiger partial charge < -0.3 is 9.88 Å². The van der Waals surface area contributed by atoms with E-state index in [4.69, 9.17) is 0 Å². The molecule has 0 saturated heterocycles. The molecule has 0 spiro atoms. The lowest BCUT2D eigenvalue weighted by Gasteiger charge is -2.30. The summed E-state index contributed by atoms with van der Waals surface area (Å²) >= 11 is 0. The highest BCUT2D eigenvalue weighted by molar-refractivity contribution is 5.01. The molecule has 0 saturated carbocycles. The minimum absolute atomic E-state index is 0.158. The highest BCUT2D eigenvalue weighted by Crippen LogP contribution is 2.23. The molecule has 18 heavy (non-hydrogen) atoms. The molecule has 0 radical (unpaired) electrons. The van der Waals surface area contributed by atoms with Gasteiger partial charge in [-0.25, -0.2) is 4.98 Å². The largest absolute Gasteiger partial charge is 0.330 e. The Balaban J connectivity index is 2.88. The van der Waals surface area contributed by atoms with Crippen molar-refractivity contribution >= 4 is 0 Å². The first kappa shape index (κ1) is 15.2. The third kappa shape index (κ3) is 4.13. The highest BCUT2D eigenvalue weighted by Gasteiger charge is 2.21. The molecule has 1 rings (SSSR count). The van der Waals surface area contributed by atoms with Crippen molar-refractivity contribution in [2.45, 2.75) is 66.0 Å². The number of imidazole rings is 1. The molecule has 1 aromatic heterocycles. The van der Waals surface area contributed by atoms with Crippen LogP contribution in [0.4, 0.5) is 0 Å². The summed E-state index contributed by atoms with van der Waals surface area (Å²) in [4.78, 5) is 4.50. The maximum Gasteiger partial charge on any atom is 0.111 e. The topological polar surface area (TPSA) is 29.9 Å². The molecule has 1 atom stereocenters. The molecular formula is C15H29N3. The average Bonchev–Trinajstić information content (AvgIpc) is 2.64. The van der Waals surface area contributed by atoms with Gasteiger partial charge in [-0.3, -0.25) is 0 Å². The van der Waals surface area contributed by atoms with Crippen molar-refractivity contribution in [1.29, 1.82) is 0 Å². The van der Waals surface area contributed by atoms with Crippen LogP contribution in [0, 0.1) is 5.92 Å². The van der Waals surface area contributed by atoms with Crippen molar-refractivity contribution in [3.63, 3.8) is 0 Å². The van der Waals surface area contributed by atoms with Gasteiger partial charge in [0.1, 0.15) is 5.82 Å². The summed E-state index contributed by atoms with van der Waals surface area (Å²) in [6.45, 7) is 16.6. The van der Waals surface area contributed by atoms with Gasteiger partial charge >= 0.3 is 0 Å². The fourth-order valence-corrected chi connectivity index (χ4v) is 2.12. The fourth-order valence-electron chi connectivity index (χ4n) is 2.12. The molecule has 0 aliphatic heterocycles. The summed E-state index contributed by atoms with van der Waals surface area (Å²) in [5.41, 5.74) is 0.158. The van der Waals surface area contributed by atoms with E-state index in [0.717, 1.165) is 6.54 Å². The fraction of sp³-hybridized carbons (Fsp3) is 0.800. The van der Waals surface area contributed by atoms with Crippen molar-refractivity contribution in [1.82, 2.24) is 14.9 Å². The molecule has 0 fully saturated rings. The van der Waals surface area contributed by atoms with Crippen molar-refractivity contribution in [2.75, 3.05) is 6.54 Å². The zero-order chi connectivity index (χ0) is 13.9. The minimum Gasteiger partial charge on any atom is -0.330 e. The van der Waals surface area contributed by atoms with Crippen LogP contribution in [0.1, 0.15) is 66.3 Å². The van der Waals surface area contributed by atoms with E-state index >= 15 is 0 Å². The summed E-state index contributed by atoms with van der Waals surface area (Å²) in [7, 11) is 0. The van der Waals surface area contributed by atoms with Crippen LogP contribution in [-0.4, -0.2) is 21.6 Å². The molecule has 0 aliphatic carbocycles. The molecule has 1 unspecified atom stereocenters. The number of rotatable bonds is 5. The Morgan fingerprint density at radius 3 is 2.28 bits per heavy atom. The Morgan fingerprint density at radius 1 is 1.22 bits per heavy atom. The Kier molecular flexibility index (Phi) is 4.97. The van der Waals surface area contributed by atoms with Gasteiger partial charge in [-0.15, -0.1) is 0 Å². The summed E-state index contributed by atoms with van der Waals surface area (Å²) in [5.74, 6) is 2.24. The second-order valence-corrected chi connectivity index (χ2v) is 6.79. The first-order valence-corrected chi connectivity index (χ1v) is 7.00. The summed E-state index contributed by atoms with van der Waals surface area (Å²) < 4.78 is 2.34. The molecule has 1 aromatic rings. The van der Waals surface area contributed by atoms with Gasteiger partial charge in [-0.05, 0) is 26.7 Å². The van der Waals surface area contributed by atoms with Gasteiger partial charge in [-0.1, -0.05) is 27.7 Å². The lowest BCUT2D eigenvalue weighted by molar-refractivity contribution is 0.304. The molecule has 1 heterocycles. The van der Waals surface area contributed by atoms with Crippen LogP contribution in [-0.2, 0) is 0 Å². The van der Waals surface area contributed by atoms with Crippen LogP contribution in [0.15, 0.2) is 12.4 Å². The second kappa shape index (κ2) is 5.87. The smallest absolute Gasteiger partial charge is 0.111 e. The van der Waals surface area contributed by atoms with Crippen molar-refractivity contribution in [3.8, 4) is 0 Å². The van der Waals surface area contributed by atoms with Crippen LogP contribution < -0.4 is 5.32 Å². The molecule has 104 valence electrons. The number of hydrogen-bond acceptors (Lipinski definition) is 2. The normalized spacial score (nSPS) is 14.5. The van der Waals surface area contributed by atoms with E-state index in [-0.39, 0.29) is 5.54 Å². The second-order valence-electron chi connectivity index (χ2n) is 6.79. The molecule has 0 bridgehead atoms. The first-order chi connectivity index (χ1) is 8.22. The van der Waals surface area contributed by atoms with Crippen LogP contribution in [0.5, 0.6) is 0 Å². The van der Waals surface area contributed by atoms with E-state index in [9.17, 15) is 0 Å². The van der Waals surface area contributed by atoms with Crippen molar-refractivity contribution in [3.05, 3.63) is 18.2 Å². The molecule has 3 heteroatoms. The van der Waals surface area contributed by atoms with E-state index in [0.29, 0.717) is 17.9 Å². The zero-order valence-corrected chi connectivity index (χ0v) is 13.0. The Morgan fingerprint density at radius 2 is 1.83 bits per heavy atom. The summed E-state index contributed by atoms with van der Waals surface area (Å²) in [6, 6.07) is 0.462. The van der Waals surface area contributed by atoms with Gasteiger partial charge in [0.25, 0.3) is 0 Å². The number of nitrogens with zero attached hydrogens (tertiary/aromatic N) is 2. The summed E-state index contributed by atoms with van der Waals surface area (Å²) in [6.07, 6.45) is 4.03. The quantitative estimate of drug-likeness (QED) is 0.866. The van der Waals surface area contributed by atoms with Crippen LogP contribution >= 0.6 is 0 Å². The van der Waals surface area contributed by atoms with E-state index in [1.165, 1.54) is 5.82 Å².